The van der Waals surface area contributed by atoms with Crippen molar-refractivity contribution in [1.82, 2.24) is 19.3 Å². The van der Waals surface area contributed by atoms with Gasteiger partial charge in [0.25, 0.3) is 0 Å². The number of hydrogen-bond acceptors (Lipinski definition) is 6. The Kier molecular flexibility index (Phi) is 7.03. The van der Waals surface area contributed by atoms with E-state index in [1.807, 2.05) is 6.07 Å². The monoisotopic (exact) mass is 551 g/mol. The molecule has 0 N–H and O–H groups in total. The molecule has 1 fully saturated rings. The fraction of sp³-hybridized carbons (Fsp3) is 0.414. The van der Waals surface area contributed by atoms with Crippen LogP contribution in [-0.4, -0.2) is 64.4 Å². The van der Waals surface area contributed by atoms with Gasteiger partial charge in [0.05, 0.1) is 48.9 Å². The Labute approximate surface area is 231 Å². The number of imidazole rings is 1. The zero-order valence-electron chi connectivity index (χ0n) is 22.1. The molecule has 2 atom stereocenters. The van der Waals surface area contributed by atoms with Crippen molar-refractivity contribution < 1.29 is 18.7 Å². The molecule has 2 unspecified atom stereocenters. The average molecular weight is 552 g/mol. The highest BCUT2D eigenvalue weighted by Crippen LogP contribution is 2.37. The van der Waals surface area contributed by atoms with Gasteiger partial charge in [0.1, 0.15) is 6.17 Å². The number of ether oxygens (including phenoxy) is 2. The predicted molar refractivity (Wildman–Crippen MR) is 148 cm³/mol. The van der Waals surface area contributed by atoms with Gasteiger partial charge in [-0.3, -0.25) is 4.68 Å². The lowest BCUT2D eigenvalue weighted by molar-refractivity contribution is -0.146. The van der Waals surface area contributed by atoms with E-state index in [1.54, 1.807) is 28.7 Å². The van der Waals surface area contributed by atoms with Crippen molar-refractivity contribution in [2.75, 3.05) is 37.8 Å². The van der Waals surface area contributed by atoms with Gasteiger partial charge in [0, 0.05) is 42.5 Å². The SMILES string of the molecule is CCOC(=O)C(c1ncn2c1CC(F)C2)n1cc2c(Cl)cc(-c3ccc(N4CCOCC4)cc3)c(CC)c2n1. The Hall–Kier alpha value is -3.43. The largest absolute Gasteiger partial charge is 0.464 e. The quantitative estimate of drug-likeness (QED) is 0.301. The number of hydrogen-bond donors (Lipinski definition) is 0. The van der Waals surface area contributed by atoms with Gasteiger partial charge in [0.15, 0.2) is 6.04 Å². The minimum absolute atomic E-state index is 0.206. The molecule has 2 aromatic heterocycles. The molecule has 10 heteroatoms. The smallest absolute Gasteiger partial charge is 0.337 e. The Bertz CT molecular complexity index is 1510. The van der Waals surface area contributed by atoms with E-state index in [9.17, 15) is 9.18 Å². The third kappa shape index (κ3) is 4.67. The molecule has 0 bridgehead atoms. The van der Waals surface area contributed by atoms with Crippen molar-refractivity contribution in [3.05, 3.63) is 64.8 Å². The second kappa shape index (κ2) is 10.6. The summed E-state index contributed by atoms with van der Waals surface area (Å²) in [4.78, 5) is 20.0. The molecule has 0 saturated carbocycles. The summed E-state index contributed by atoms with van der Waals surface area (Å²) in [6.45, 7) is 7.51. The lowest BCUT2D eigenvalue weighted by Crippen LogP contribution is -2.36. The van der Waals surface area contributed by atoms with Gasteiger partial charge in [-0.1, -0.05) is 30.7 Å². The summed E-state index contributed by atoms with van der Waals surface area (Å²) in [6.07, 6.45) is 3.29. The third-order valence-corrected chi connectivity index (χ3v) is 7.91. The van der Waals surface area contributed by atoms with E-state index in [2.05, 4.69) is 41.1 Å². The molecule has 2 aliphatic heterocycles. The summed E-state index contributed by atoms with van der Waals surface area (Å²) < 4.78 is 28.4. The van der Waals surface area contributed by atoms with Crippen LogP contribution in [0.4, 0.5) is 10.1 Å². The number of fused-ring (bicyclic) bond motifs is 2. The van der Waals surface area contributed by atoms with E-state index < -0.39 is 18.2 Å². The van der Waals surface area contributed by atoms with Gasteiger partial charge in [-0.15, -0.1) is 0 Å². The van der Waals surface area contributed by atoms with Gasteiger partial charge < -0.3 is 18.9 Å². The van der Waals surface area contributed by atoms with E-state index >= 15 is 0 Å². The minimum atomic E-state index is -1.00. The van der Waals surface area contributed by atoms with Crippen molar-refractivity contribution in [1.29, 1.82) is 0 Å². The number of nitrogens with zero attached hydrogens (tertiary/aromatic N) is 5. The second-order valence-corrected chi connectivity index (χ2v) is 10.3. The average Bonchev–Trinajstić information content (AvgIpc) is 3.65. The van der Waals surface area contributed by atoms with Gasteiger partial charge in [-0.25, -0.2) is 14.2 Å². The Morgan fingerprint density at radius 2 is 2.00 bits per heavy atom. The molecule has 0 amide bonds. The molecule has 204 valence electrons. The van der Waals surface area contributed by atoms with Crippen LogP contribution in [-0.2, 0) is 33.7 Å². The highest BCUT2D eigenvalue weighted by molar-refractivity contribution is 6.36. The first kappa shape index (κ1) is 25.8. The summed E-state index contributed by atoms with van der Waals surface area (Å²) in [5, 5.41) is 6.18. The molecule has 8 nitrogen and oxygen atoms in total. The molecule has 0 radical (unpaired) electrons. The van der Waals surface area contributed by atoms with E-state index in [4.69, 9.17) is 26.2 Å². The standard InChI is InChI=1S/C29H31ClFN5O3/c1-3-21-22(18-5-7-20(8-6-18)34-9-11-38-12-10-34)14-24(30)23-16-36(33-26(21)23)28(29(37)39-4-2)27-25-13-19(31)15-35(25)17-32-27/h5-8,14,16-17,19,28H,3-4,9-13,15H2,1-2H3. The van der Waals surface area contributed by atoms with Crippen LogP contribution in [0.5, 0.6) is 0 Å². The van der Waals surface area contributed by atoms with Crippen molar-refractivity contribution in [3.63, 3.8) is 0 Å². The molecule has 2 aliphatic rings. The minimum Gasteiger partial charge on any atom is -0.464 e. The number of carbonyl (C=O) groups is 1. The molecular formula is C29H31ClFN5O3. The van der Waals surface area contributed by atoms with Crippen molar-refractivity contribution in [2.24, 2.45) is 0 Å². The van der Waals surface area contributed by atoms with Gasteiger partial charge >= 0.3 is 5.97 Å². The number of anilines is 1. The number of morpholine rings is 1. The maximum atomic E-state index is 14.2. The van der Waals surface area contributed by atoms with Crippen LogP contribution in [0.15, 0.2) is 42.9 Å². The van der Waals surface area contributed by atoms with Gasteiger partial charge in [0.2, 0.25) is 0 Å². The van der Waals surface area contributed by atoms with Crippen molar-refractivity contribution >= 4 is 34.2 Å². The summed E-state index contributed by atoms with van der Waals surface area (Å²) in [6, 6.07) is 9.52. The van der Waals surface area contributed by atoms with E-state index in [1.165, 1.54) is 0 Å². The highest BCUT2D eigenvalue weighted by atomic mass is 35.5. The van der Waals surface area contributed by atoms with Crippen molar-refractivity contribution in [2.45, 2.75) is 45.4 Å². The number of aromatic nitrogens is 4. The van der Waals surface area contributed by atoms with Gasteiger partial charge in [-0.2, -0.15) is 5.10 Å². The Morgan fingerprint density at radius 1 is 1.23 bits per heavy atom. The number of halogens is 2. The normalized spacial score (nSPS) is 17.9. The fourth-order valence-corrected chi connectivity index (χ4v) is 5.96. The maximum Gasteiger partial charge on any atom is 0.337 e. The molecule has 6 rings (SSSR count). The zero-order chi connectivity index (χ0) is 27.1. The first-order valence-corrected chi connectivity index (χ1v) is 13.8. The van der Waals surface area contributed by atoms with E-state index in [-0.39, 0.29) is 19.6 Å². The Balaban J connectivity index is 1.42. The summed E-state index contributed by atoms with van der Waals surface area (Å²) in [5.74, 6) is -0.484. The van der Waals surface area contributed by atoms with Gasteiger partial charge in [-0.05, 0) is 48.2 Å². The Morgan fingerprint density at radius 3 is 2.72 bits per heavy atom. The highest BCUT2D eigenvalue weighted by Gasteiger charge is 2.35. The van der Waals surface area contributed by atoms with Crippen LogP contribution in [0.25, 0.3) is 22.0 Å². The molecule has 0 aliphatic carbocycles. The van der Waals surface area contributed by atoms with E-state index in [0.717, 1.165) is 66.0 Å². The number of carbonyl (C=O) groups excluding carboxylic acids is 1. The van der Waals surface area contributed by atoms with Crippen LogP contribution in [0, 0.1) is 0 Å². The number of rotatable bonds is 7. The van der Waals surface area contributed by atoms with E-state index in [0.29, 0.717) is 16.4 Å². The third-order valence-electron chi connectivity index (χ3n) is 7.60. The van der Waals surface area contributed by atoms with Crippen LogP contribution in [0.3, 0.4) is 0 Å². The summed E-state index contributed by atoms with van der Waals surface area (Å²) in [5.41, 5.74) is 6.14. The van der Waals surface area contributed by atoms with Crippen LogP contribution in [0.2, 0.25) is 5.02 Å². The molecular weight excluding hydrogens is 521 g/mol. The molecule has 1 saturated heterocycles. The molecule has 4 aromatic rings. The summed E-state index contributed by atoms with van der Waals surface area (Å²) >= 11 is 6.83. The first-order valence-electron chi connectivity index (χ1n) is 13.5. The van der Waals surface area contributed by atoms with Crippen LogP contribution >= 0.6 is 11.6 Å². The number of benzene rings is 2. The van der Waals surface area contributed by atoms with Crippen LogP contribution < -0.4 is 4.90 Å². The summed E-state index contributed by atoms with van der Waals surface area (Å²) in [7, 11) is 0. The number of alkyl halides is 1. The fourth-order valence-electron chi connectivity index (χ4n) is 5.71. The second-order valence-electron chi connectivity index (χ2n) is 9.94. The molecule has 4 heterocycles. The lowest BCUT2D eigenvalue weighted by atomic mass is 9.95. The number of esters is 1. The number of aryl methyl sites for hydroxylation is 1. The zero-order valence-corrected chi connectivity index (χ0v) is 22.8. The lowest BCUT2D eigenvalue weighted by Gasteiger charge is -2.29. The first-order chi connectivity index (χ1) is 19.0. The molecule has 0 spiro atoms. The van der Waals surface area contributed by atoms with Crippen LogP contribution in [0.1, 0.15) is 36.8 Å². The predicted octanol–water partition coefficient (Wildman–Crippen LogP) is 5.00. The van der Waals surface area contributed by atoms with Crippen molar-refractivity contribution in [3.8, 4) is 11.1 Å². The molecule has 39 heavy (non-hydrogen) atoms. The molecule has 2 aromatic carbocycles. The topological polar surface area (TPSA) is 74.4 Å². The maximum absolute atomic E-state index is 14.2.